The van der Waals surface area contributed by atoms with Crippen LogP contribution in [0.1, 0.15) is 10.4 Å². The van der Waals surface area contributed by atoms with Gasteiger partial charge < -0.3 is 5.11 Å². The second kappa shape index (κ2) is 5.16. The summed E-state index contributed by atoms with van der Waals surface area (Å²) in [4.78, 5) is 10.4. The Kier molecular flexibility index (Phi) is 4.06. The first-order valence-electron chi connectivity index (χ1n) is 4.73. The van der Waals surface area contributed by atoms with E-state index in [4.69, 9.17) is 11.5 Å². The highest BCUT2D eigenvalue weighted by Gasteiger charge is 2.22. The zero-order valence-electron chi connectivity index (χ0n) is 9.42. The van der Waals surface area contributed by atoms with Gasteiger partial charge in [-0.2, -0.15) is 4.31 Å². The molecule has 0 amide bonds. The van der Waals surface area contributed by atoms with E-state index in [9.17, 15) is 17.6 Å². The summed E-state index contributed by atoms with van der Waals surface area (Å²) >= 11 is 0. The quantitative estimate of drug-likeness (QED) is 0.821. The Labute approximate surface area is 104 Å². The minimum atomic E-state index is -3.91. The zero-order valence-corrected chi connectivity index (χ0v) is 10.2. The summed E-state index contributed by atoms with van der Waals surface area (Å²) < 4.78 is 37.8. The third kappa shape index (κ3) is 2.67. The first-order chi connectivity index (χ1) is 8.30. The summed E-state index contributed by atoms with van der Waals surface area (Å²) in [6.45, 7) is -0.165. The number of benzene rings is 1. The van der Waals surface area contributed by atoms with E-state index in [0.29, 0.717) is 0 Å². The molecule has 0 atom stereocenters. The molecule has 7 heteroatoms. The van der Waals surface area contributed by atoms with E-state index in [1.54, 1.807) is 0 Å². The van der Waals surface area contributed by atoms with Crippen LogP contribution >= 0.6 is 0 Å². The number of sulfonamides is 1. The topological polar surface area (TPSA) is 74.7 Å². The molecule has 1 N–H and O–H groups in total. The molecule has 0 heterocycles. The van der Waals surface area contributed by atoms with Crippen LogP contribution in [0.2, 0.25) is 0 Å². The van der Waals surface area contributed by atoms with Gasteiger partial charge in [-0.3, -0.25) is 0 Å². The van der Waals surface area contributed by atoms with Crippen LogP contribution in [-0.4, -0.2) is 37.4 Å². The van der Waals surface area contributed by atoms with Gasteiger partial charge in [-0.25, -0.2) is 17.6 Å². The Morgan fingerprint density at radius 2 is 2.17 bits per heavy atom. The second-order valence-corrected chi connectivity index (χ2v) is 5.46. The SMILES string of the molecule is C#CCN(C)S(=O)(=O)c1ccc(F)c(C(=O)O)c1. The molecule has 18 heavy (non-hydrogen) atoms. The lowest BCUT2D eigenvalue weighted by Gasteiger charge is -2.14. The lowest BCUT2D eigenvalue weighted by Crippen LogP contribution is -2.27. The third-order valence-corrected chi connectivity index (χ3v) is 3.99. The predicted molar refractivity (Wildman–Crippen MR) is 62.0 cm³/mol. The Morgan fingerprint density at radius 3 is 2.67 bits per heavy atom. The van der Waals surface area contributed by atoms with Gasteiger partial charge in [0.25, 0.3) is 0 Å². The summed E-state index contributed by atoms with van der Waals surface area (Å²) in [6, 6.07) is 2.55. The van der Waals surface area contributed by atoms with Crippen LogP contribution in [-0.2, 0) is 10.0 Å². The zero-order chi connectivity index (χ0) is 13.9. The molecule has 0 aliphatic rings. The van der Waals surface area contributed by atoms with Gasteiger partial charge >= 0.3 is 5.97 Å². The fourth-order valence-electron chi connectivity index (χ4n) is 1.22. The maximum atomic E-state index is 13.1. The number of carbonyl (C=O) groups is 1. The molecule has 0 saturated carbocycles. The fraction of sp³-hybridized carbons (Fsp3) is 0.182. The number of carboxylic acids is 1. The standard InChI is InChI=1S/C11H10FNO4S/c1-3-6-13(2)18(16,17)8-4-5-10(12)9(7-8)11(14)15/h1,4-5,7H,6H2,2H3,(H,14,15). The Balaban J connectivity index is 3.31. The highest BCUT2D eigenvalue weighted by atomic mass is 32.2. The Bertz CT molecular complexity index is 618. The lowest BCUT2D eigenvalue weighted by atomic mass is 10.2. The number of terminal acetylenes is 1. The molecule has 96 valence electrons. The summed E-state index contributed by atoms with van der Waals surface area (Å²) in [5.74, 6) is -0.388. The first kappa shape index (κ1) is 14.2. The molecule has 0 radical (unpaired) electrons. The van der Waals surface area contributed by atoms with Gasteiger partial charge in [0.05, 0.1) is 17.0 Å². The fourth-order valence-corrected chi connectivity index (χ4v) is 2.33. The van der Waals surface area contributed by atoms with Crippen molar-refractivity contribution in [3.63, 3.8) is 0 Å². The predicted octanol–water partition coefficient (Wildman–Crippen LogP) is 0.778. The van der Waals surface area contributed by atoms with Crippen LogP contribution in [0, 0.1) is 18.2 Å². The van der Waals surface area contributed by atoms with Gasteiger partial charge in [-0.15, -0.1) is 6.42 Å². The van der Waals surface area contributed by atoms with E-state index < -0.39 is 27.4 Å². The van der Waals surface area contributed by atoms with Gasteiger partial charge in [0.15, 0.2) is 0 Å². The van der Waals surface area contributed by atoms with Crippen molar-refractivity contribution in [1.82, 2.24) is 4.31 Å². The number of hydrogen-bond acceptors (Lipinski definition) is 3. The number of nitrogens with zero attached hydrogens (tertiary/aromatic N) is 1. The van der Waals surface area contributed by atoms with Crippen molar-refractivity contribution < 1.29 is 22.7 Å². The maximum absolute atomic E-state index is 13.1. The molecule has 0 bridgehead atoms. The van der Waals surface area contributed by atoms with Crippen molar-refractivity contribution in [2.24, 2.45) is 0 Å². The molecular weight excluding hydrogens is 261 g/mol. The average Bonchev–Trinajstić information content (AvgIpc) is 2.29. The van der Waals surface area contributed by atoms with Crippen LogP contribution in [0.5, 0.6) is 0 Å². The maximum Gasteiger partial charge on any atom is 0.338 e. The second-order valence-electron chi connectivity index (χ2n) is 3.41. The molecule has 0 saturated heterocycles. The molecule has 0 unspecified atom stereocenters. The van der Waals surface area contributed by atoms with Crippen molar-refractivity contribution in [1.29, 1.82) is 0 Å². The molecule has 1 aromatic rings. The molecule has 1 rings (SSSR count). The smallest absolute Gasteiger partial charge is 0.338 e. The number of halogens is 1. The normalized spacial score (nSPS) is 11.2. The monoisotopic (exact) mass is 271 g/mol. The van der Waals surface area contributed by atoms with Crippen LogP contribution in [0.15, 0.2) is 23.1 Å². The molecule has 0 fully saturated rings. The van der Waals surface area contributed by atoms with Crippen molar-refractivity contribution in [3.05, 3.63) is 29.6 Å². The lowest BCUT2D eigenvalue weighted by molar-refractivity contribution is 0.0691. The Hall–Kier alpha value is -1.91. The van der Waals surface area contributed by atoms with Crippen molar-refractivity contribution >= 4 is 16.0 Å². The number of hydrogen-bond donors (Lipinski definition) is 1. The van der Waals surface area contributed by atoms with E-state index in [1.165, 1.54) is 7.05 Å². The van der Waals surface area contributed by atoms with E-state index in [-0.39, 0.29) is 11.4 Å². The van der Waals surface area contributed by atoms with Gasteiger partial charge in [-0.1, -0.05) is 5.92 Å². The molecule has 0 aliphatic heterocycles. The number of aromatic carboxylic acids is 1. The van der Waals surface area contributed by atoms with Gasteiger partial charge in [0.2, 0.25) is 10.0 Å². The molecule has 0 aromatic heterocycles. The van der Waals surface area contributed by atoms with Gasteiger partial charge in [0, 0.05) is 7.05 Å². The largest absolute Gasteiger partial charge is 0.478 e. The highest BCUT2D eigenvalue weighted by Crippen LogP contribution is 2.18. The molecule has 0 spiro atoms. The van der Waals surface area contributed by atoms with Crippen molar-refractivity contribution in [2.45, 2.75) is 4.90 Å². The van der Waals surface area contributed by atoms with Crippen LogP contribution in [0.4, 0.5) is 4.39 Å². The van der Waals surface area contributed by atoms with E-state index >= 15 is 0 Å². The van der Waals surface area contributed by atoms with E-state index in [0.717, 1.165) is 22.5 Å². The number of rotatable bonds is 4. The summed E-state index contributed by atoms with van der Waals surface area (Å²) in [5.41, 5.74) is -0.704. The first-order valence-corrected chi connectivity index (χ1v) is 6.17. The van der Waals surface area contributed by atoms with Gasteiger partial charge in [-0.05, 0) is 18.2 Å². The van der Waals surface area contributed by atoms with Crippen LogP contribution in [0.25, 0.3) is 0 Å². The minimum Gasteiger partial charge on any atom is -0.478 e. The van der Waals surface area contributed by atoms with Crippen molar-refractivity contribution in [3.8, 4) is 12.3 Å². The molecular formula is C11H10FNO4S. The third-order valence-electron chi connectivity index (χ3n) is 2.19. The van der Waals surface area contributed by atoms with Crippen LogP contribution < -0.4 is 0 Å². The summed E-state index contributed by atoms with van der Waals surface area (Å²) in [7, 11) is -2.66. The van der Waals surface area contributed by atoms with Crippen molar-refractivity contribution in [2.75, 3.05) is 13.6 Å². The van der Waals surface area contributed by atoms with E-state index in [1.807, 2.05) is 0 Å². The minimum absolute atomic E-state index is 0.165. The average molecular weight is 271 g/mol. The molecule has 5 nitrogen and oxygen atoms in total. The highest BCUT2D eigenvalue weighted by molar-refractivity contribution is 7.89. The Morgan fingerprint density at radius 1 is 1.56 bits per heavy atom. The number of carboxylic acid groups (broad SMARTS) is 1. The van der Waals surface area contributed by atoms with E-state index in [2.05, 4.69) is 5.92 Å². The van der Waals surface area contributed by atoms with Gasteiger partial charge in [0.1, 0.15) is 5.82 Å². The molecule has 1 aromatic carbocycles. The summed E-state index contributed by atoms with van der Waals surface area (Å²) in [6.07, 6.45) is 5.00. The van der Waals surface area contributed by atoms with Crippen LogP contribution in [0.3, 0.4) is 0 Å². The molecule has 0 aliphatic carbocycles. The summed E-state index contributed by atoms with van der Waals surface area (Å²) in [5, 5.41) is 8.72.